The number of carbonyl (C=O) groups excluding carboxylic acids is 1. The van der Waals surface area contributed by atoms with Gasteiger partial charge in [0, 0.05) is 17.8 Å². The number of nitrogens with one attached hydrogen (secondary N) is 2. The van der Waals surface area contributed by atoms with Gasteiger partial charge in [-0.05, 0) is 93.0 Å². The van der Waals surface area contributed by atoms with Gasteiger partial charge in [-0.1, -0.05) is 29.3 Å². The average Bonchev–Trinajstić information content (AvgIpc) is 2.77. The number of hydrogen-bond donors (Lipinski definition) is 2. The molecule has 1 amide bonds. The van der Waals surface area contributed by atoms with Gasteiger partial charge in [-0.2, -0.15) is 0 Å². The minimum atomic E-state index is -0.246. The summed E-state index contributed by atoms with van der Waals surface area (Å²) in [6.07, 6.45) is 8.22. The monoisotopic (exact) mass is 468 g/mol. The van der Waals surface area contributed by atoms with E-state index < -0.39 is 0 Å². The van der Waals surface area contributed by atoms with Crippen molar-refractivity contribution in [2.75, 3.05) is 19.0 Å². The summed E-state index contributed by atoms with van der Waals surface area (Å²) >= 11 is 6.56. The summed E-state index contributed by atoms with van der Waals surface area (Å²) in [7, 11) is 1.60. The maximum absolute atomic E-state index is 12.3. The summed E-state index contributed by atoms with van der Waals surface area (Å²) in [6.45, 7) is 2.62. The number of hydrogen-bond acceptors (Lipinski definition) is 4. The zero-order valence-electron chi connectivity index (χ0n) is 19.5. The van der Waals surface area contributed by atoms with Crippen molar-refractivity contribution in [1.29, 1.82) is 0 Å². The molecule has 0 atom stereocenters. The van der Waals surface area contributed by atoms with Crippen LogP contribution in [-0.4, -0.2) is 25.2 Å². The van der Waals surface area contributed by atoms with Gasteiger partial charge in [-0.15, -0.1) is 0 Å². The minimum Gasteiger partial charge on any atom is -0.493 e. The van der Waals surface area contributed by atoms with Crippen LogP contribution in [0.25, 0.3) is 0 Å². The smallest absolute Gasteiger partial charge is 0.262 e. The zero-order valence-corrected chi connectivity index (χ0v) is 20.2. The average molecular weight is 469 g/mol. The van der Waals surface area contributed by atoms with Gasteiger partial charge in [0.2, 0.25) is 0 Å². The zero-order chi connectivity index (χ0) is 23.0. The molecule has 0 aromatic heterocycles. The lowest BCUT2D eigenvalue weighted by Gasteiger charge is -2.57. The molecule has 4 saturated carbocycles. The number of benzene rings is 2. The summed E-state index contributed by atoms with van der Waals surface area (Å²) in [4.78, 5) is 12.3. The maximum atomic E-state index is 12.3. The van der Waals surface area contributed by atoms with Crippen LogP contribution >= 0.6 is 11.6 Å². The standard InChI is InChI=1S/C27H33ClN2O3/c1-17-3-5-22(6-4-17)30-25(31)16-33-26-23(28)10-21(11-24(26)32-2)15-29-27-12-18-7-19(13-27)9-20(8-18)14-27/h3-6,10-11,18-20,29H,7-9,12-16H2,1-2H3,(H,30,31). The van der Waals surface area contributed by atoms with Crippen LogP contribution in [0.5, 0.6) is 11.5 Å². The van der Waals surface area contributed by atoms with Crippen LogP contribution in [0.4, 0.5) is 5.69 Å². The number of aryl methyl sites for hydroxylation is 1. The van der Waals surface area contributed by atoms with Gasteiger partial charge in [0.1, 0.15) is 0 Å². The van der Waals surface area contributed by atoms with Gasteiger partial charge < -0.3 is 20.1 Å². The topological polar surface area (TPSA) is 59.6 Å². The lowest BCUT2D eigenvalue weighted by atomic mass is 9.53. The third-order valence-electron chi connectivity index (χ3n) is 7.68. The van der Waals surface area contributed by atoms with Crippen molar-refractivity contribution >= 4 is 23.2 Å². The molecule has 2 aromatic rings. The highest BCUT2D eigenvalue weighted by Gasteiger charge is 2.50. The van der Waals surface area contributed by atoms with E-state index in [0.717, 1.165) is 41.1 Å². The first-order chi connectivity index (χ1) is 15.9. The first kappa shape index (κ1) is 22.5. The predicted molar refractivity (Wildman–Crippen MR) is 131 cm³/mol. The van der Waals surface area contributed by atoms with Crippen LogP contribution in [0.2, 0.25) is 5.02 Å². The van der Waals surface area contributed by atoms with Crippen molar-refractivity contribution in [2.24, 2.45) is 17.8 Å². The summed E-state index contributed by atoms with van der Waals surface area (Å²) in [5, 5.41) is 7.20. The van der Waals surface area contributed by atoms with Crippen LogP contribution in [0, 0.1) is 24.7 Å². The van der Waals surface area contributed by atoms with Crippen LogP contribution in [-0.2, 0) is 11.3 Å². The number of amides is 1. The molecule has 176 valence electrons. The maximum Gasteiger partial charge on any atom is 0.262 e. The highest BCUT2D eigenvalue weighted by atomic mass is 35.5. The Morgan fingerprint density at radius 2 is 1.70 bits per heavy atom. The largest absolute Gasteiger partial charge is 0.493 e. The molecule has 0 unspecified atom stereocenters. The Morgan fingerprint density at radius 1 is 1.06 bits per heavy atom. The number of carbonyl (C=O) groups is 1. The molecule has 5 nitrogen and oxygen atoms in total. The molecule has 0 spiro atoms. The summed E-state index contributed by atoms with van der Waals surface area (Å²) in [6, 6.07) is 11.5. The molecule has 0 heterocycles. The van der Waals surface area contributed by atoms with E-state index in [0.29, 0.717) is 16.5 Å². The number of rotatable bonds is 8. The molecule has 2 N–H and O–H groups in total. The van der Waals surface area contributed by atoms with Gasteiger partial charge >= 0.3 is 0 Å². The van der Waals surface area contributed by atoms with Gasteiger partial charge in [0.05, 0.1) is 12.1 Å². The Morgan fingerprint density at radius 3 is 2.30 bits per heavy atom. The van der Waals surface area contributed by atoms with Gasteiger partial charge in [0.25, 0.3) is 5.91 Å². The Hall–Kier alpha value is -2.24. The number of anilines is 1. The molecule has 4 fully saturated rings. The van der Waals surface area contributed by atoms with Crippen LogP contribution in [0.3, 0.4) is 0 Å². The van der Waals surface area contributed by atoms with Crippen molar-refractivity contribution in [3.63, 3.8) is 0 Å². The molecule has 0 radical (unpaired) electrons. The summed E-state index contributed by atoms with van der Waals surface area (Å²) in [5.41, 5.74) is 3.23. The van der Waals surface area contributed by atoms with Crippen molar-refractivity contribution < 1.29 is 14.3 Å². The molecule has 33 heavy (non-hydrogen) atoms. The molecule has 2 aromatic carbocycles. The highest BCUT2D eigenvalue weighted by Crippen LogP contribution is 2.55. The van der Waals surface area contributed by atoms with Gasteiger partial charge in [-0.3, -0.25) is 4.79 Å². The van der Waals surface area contributed by atoms with Gasteiger partial charge in [0.15, 0.2) is 18.1 Å². The van der Waals surface area contributed by atoms with E-state index in [2.05, 4.69) is 10.6 Å². The molecular weight excluding hydrogens is 436 g/mol. The van der Waals surface area contributed by atoms with E-state index >= 15 is 0 Å². The molecule has 6 rings (SSSR count). The van der Waals surface area contributed by atoms with Crippen LogP contribution in [0.1, 0.15) is 49.7 Å². The lowest BCUT2D eigenvalue weighted by Crippen LogP contribution is -2.58. The summed E-state index contributed by atoms with van der Waals surface area (Å²) < 4.78 is 11.3. The second kappa shape index (κ2) is 9.19. The number of methoxy groups -OCH3 is 1. The first-order valence-electron chi connectivity index (χ1n) is 12.0. The fourth-order valence-electron chi connectivity index (χ4n) is 6.60. The third kappa shape index (κ3) is 4.99. The van der Waals surface area contributed by atoms with Crippen LogP contribution in [0.15, 0.2) is 36.4 Å². The predicted octanol–water partition coefficient (Wildman–Crippen LogP) is 5.73. The van der Waals surface area contributed by atoms with Crippen molar-refractivity contribution in [2.45, 2.75) is 57.5 Å². The molecular formula is C27H33ClN2O3. The van der Waals surface area contributed by atoms with E-state index in [-0.39, 0.29) is 18.1 Å². The van der Waals surface area contributed by atoms with Crippen molar-refractivity contribution in [3.8, 4) is 11.5 Å². The first-order valence-corrected chi connectivity index (χ1v) is 12.4. The van der Waals surface area contributed by atoms with Crippen molar-refractivity contribution in [1.82, 2.24) is 5.32 Å². The normalized spacial score (nSPS) is 27.4. The Balaban J connectivity index is 1.21. The lowest BCUT2D eigenvalue weighted by molar-refractivity contribution is -0.118. The minimum absolute atomic E-state index is 0.144. The number of halogens is 1. The summed E-state index contributed by atoms with van der Waals surface area (Å²) in [5.74, 6) is 3.42. The van der Waals surface area contributed by atoms with E-state index in [1.54, 1.807) is 7.11 Å². The Kier molecular flexibility index (Phi) is 6.28. The van der Waals surface area contributed by atoms with Crippen LogP contribution < -0.4 is 20.1 Å². The highest BCUT2D eigenvalue weighted by molar-refractivity contribution is 6.32. The van der Waals surface area contributed by atoms with E-state index in [4.69, 9.17) is 21.1 Å². The molecule has 6 heteroatoms. The van der Waals surface area contributed by atoms with E-state index in [1.165, 1.54) is 38.5 Å². The molecule has 4 aliphatic rings. The van der Waals surface area contributed by atoms with Gasteiger partial charge in [-0.25, -0.2) is 0 Å². The molecule has 4 aliphatic carbocycles. The number of ether oxygens (including phenoxy) is 2. The SMILES string of the molecule is COc1cc(CNC23CC4CC(CC(C4)C2)C3)cc(Cl)c1OCC(=O)Nc1ccc(C)cc1. The fourth-order valence-corrected chi connectivity index (χ4v) is 6.89. The second-order valence-corrected chi connectivity index (χ2v) is 10.8. The molecule has 0 saturated heterocycles. The van der Waals surface area contributed by atoms with E-state index in [9.17, 15) is 4.79 Å². The van der Waals surface area contributed by atoms with E-state index in [1.807, 2.05) is 43.3 Å². The Bertz CT molecular complexity index is 985. The molecule has 0 aliphatic heterocycles. The Labute approximate surface area is 201 Å². The third-order valence-corrected chi connectivity index (χ3v) is 7.96. The second-order valence-electron chi connectivity index (χ2n) is 10.4. The fraction of sp³-hybridized carbons (Fsp3) is 0.519. The van der Waals surface area contributed by atoms with Crippen molar-refractivity contribution in [3.05, 3.63) is 52.5 Å². The quantitative estimate of drug-likeness (QED) is 0.519. The molecule has 4 bridgehead atoms.